The van der Waals surface area contributed by atoms with Gasteiger partial charge in [-0.05, 0) is 24.6 Å². The van der Waals surface area contributed by atoms with Gasteiger partial charge in [0.15, 0.2) is 0 Å². The third-order valence-corrected chi connectivity index (χ3v) is 4.04. The maximum absolute atomic E-state index is 12.5. The summed E-state index contributed by atoms with van der Waals surface area (Å²) in [7, 11) is 3.05. The Bertz CT molecular complexity index is 762. The molecule has 2 aromatic carbocycles. The Morgan fingerprint density at radius 3 is 2.35 bits per heavy atom. The van der Waals surface area contributed by atoms with Crippen LogP contribution in [0.2, 0.25) is 0 Å². The topological polar surface area (TPSA) is 67.9 Å². The number of hydrogen-bond acceptors (Lipinski definition) is 4. The second kappa shape index (κ2) is 8.89. The number of carbonyl (C=O) groups excluding carboxylic acids is 2. The standard InChI is InChI=1S/C20H24N2O4/c1-14(16-8-6-5-7-9-16)21-20(24)13-22(15(2)23)18-12-17(25-3)10-11-19(18)26-4/h5-12,14H,13H2,1-4H3,(H,21,24). The molecule has 6 heteroatoms. The van der Waals surface area contributed by atoms with E-state index in [2.05, 4.69) is 5.32 Å². The predicted octanol–water partition coefficient (Wildman–Crippen LogP) is 2.93. The molecule has 0 bridgehead atoms. The monoisotopic (exact) mass is 356 g/mol. The summed E-state index contributed by atoms with van der Waals surface area (Å²) in [6, 6.07) is 14.6. The van der Waals surface area contributed by atoms with Crippen LogP contribution < -0.4 is 19.7 Å². The van der Waals surface area contributed by atoms with E-state index in [9.17, 15) is 9.59 Å². The summed E-state index contributed by atoms with van der Waals surface area (Å²) in [5.41, 5.74) is 1.48. The lowest BCUT2D eigenvalue weighted by Crippen LogP contribution is -2.40. The number of carbonyl (C=O) groups is 2. The first-order chi connectivity index (χ1) is 12.5. The second-order valence-corrected chi connectivity index (χ2v) is 5.84. The van der Waals surface area contributed by atoms with Gasteiger partial charge in [0, 0.05) is 13.0 Å². The van der Waals surface area contributed by atoms with Gasteiger partial charge >= 0.3 is 0 Å². The van der Waals surface area contributed by atoms with Crippen molar-refractivity contribution in [2.45, 2.75) is 19.9 Å². The number of anilines is 1. The Labute approximate surface area is 153 Å². The molecule has 138 valence electrons. The zero-order valence-electron chi connectivity index (χ0n) is 15.5. The molecule has 2 aromatic rings. The van der Waals surface area contributed by atoms with Gasteiger partial charge in [-0.3, -0.25) is 14.5 Å². The number of amides is 2. The molecule has 0 saturated carbocycles. The maximum atomic E-state index is 12.5. The quantitative estimate of drug-likeness (QED) is 0.828. The van der Waals surface area contributed by atoms with Crippen molar-refractivity contribution < 1.29 is 19.1 Å². The summed E-state index contributed by atoms with van der Waals surface area (Å²) < 4.78 is 10.5. The number of nitrogens with one attached hydrogen (secondary N) is 1. The van der Waals surface area contributed by atoms with Crippen molar-refractivity contribution in [2.24, 2.45) is 0 Å². The molecule has 2 amide bonds. The molecule has 1 unspecified atom stereocenters. The lowest BCUT2D eigenvalue weighted by Gasteiger charge is -2.24. The Morgan fingerprint density at radius 2 is 1.77 bits per heavy atom. The van der Waals surface area contributed by atoms with Crippen LogP contribution in [0.25, 0.3) is 0 Å². The molecule has 0 aromatic heterocycles. The zero-order chi connectivity index (χ0) is 19.1. The molecule has 6 nitrogen and oxygen atoms in total. The first-order valence-corrected chi connectivity index (χ1v) is 8.30. The fourth-order valence-electron chi connectivity index (χ4n) is 2.63. The minimum Gasteiger partial charge on any atom is -0.497 e. The highest BCUT2D eigenvalue weighted by Gasteiger charge is 2.21. The number of nitrogens with zero attached hydrogens (tertiary/aromatic N) is 1. The fourth-order valence-corrected chi connectivity index (χ4v) is 2.63. The molecule has 0 aliphatic rings. The SMILES string of the molecule is COc1ccc(OC)c(N(CC(=O)NC(C)c2ccccc2)C(C)=O)c1. The van der Waals surface area contributed by atoms with E-state index in [1.807, 2.05) is 37.3 Å². The molecule has 0 aliphatic heterocycles. The average molecular weight is 356 g/mol. The highest BCUT2D eigenvalue weighted by atomic mass is 16.5. The van der Waals surface area contributed by atoms with Gasteiger partial charge in [0.25, 0.3) is 0 Å². The summed E-state index contributed by atoms with van der Waals surface area (Å²) in [5, 5.41) is 2.91. The van der Waals surface area contributed by atoms with E-state index in [-0.39, 0.29) is 24.4 Å². The summed E-state index contributed by atoms with van der Waals surface area (Å²) in [5.74, 6) is 0.538. The lowest BCUT2D eigenvalue weighted by atomic mass is 10.1. The van der Waals surface area contributed by atoms with Crippen LogP contribution >= 0.6 is 0 Å². The van der Waals surface area contributed by atoms with Gasteiger partial charge in [-0.15, -0.1) is 0 Å². The van der Waals surface area contributed by atoms with E-state index < -0.39 is 0 Å². The Balaban J connectivity index is 2.18. The molecule has 0 aliphatic carbocycles. The summed E-state index contributed by atoms with van der Waals surface area (Å²) >= 11 is 0. The van der Waals surface area contributed by atoms with E-state index in [1.165, 1.54) is 26.0 Å². The molecule has 1 N–H and O–H groups in total. The van der Waals surface area contributed by atoms with Crippen LogP contribution in [0, 0.1) is 0 Å². The third kappa shape index (κ3) is 4.75. The largest absolute Gasteiger partial charge is 0.497 e. The van der Waals surface area contributed by atoms with Crippen molar-refractivity contribution in [3.05, 3.63) is 54.1 Å². The van der Waals surface area contributed by atoms with Crippen molar-refractivity contribution in [3.8, 4) is 11.5 Å². The van der Waals surface area contributed by atoms with Crippen molar-refractivity contribution in [1.82, 2.24) is 5.32 Å². The fraction of sp³-hybridized carbons (Fsp3) is 0.300. The van der Waals surface area contributed by atoms with Crippen LogP contribution in [0.1, 0.15) is 25.5 Å². The molecular formula is C20H24N2O4. The van der Waals surface area contributed by atoms with Crippen molar-refractivity contribution in [2.75, 3.05) is 25.7 Å². The van der Waals surface area contributed by atoms with Gasteiger partial charge in [0.2, 0.25) is 11.8 Å². The summed E-state index contributed by atoms with van der Waals surface area (Å²) in [6.07, 6.45) is 0. The number of rotatable bonds is 7. The van der Waals surface area contributed by atoms with Crippen molar-refractivity contribution >= 4 is 17.5 Å². The molecule has 1 atom stereocenters. The first-order valence-electron chi connectivity index (χ1n) is 8.30. The molecule has 0 fully saturated rings. The van der Waals surface area contributed by atoms with Crippen LogP contribution in [0.15, 0.2) is 48.5 Å². The van der Waals surface area contributed by atoms with Crippen LogP contribution in [0.4, 0.5) is 5.69 Å². The molecular weight excluding hydrogens is 332 g/mol. The number of hydrogen-bond donors (Lipinski definition) is 1. The van der Waals surface area contributed by atoms with Gasteiger partial charge in [-0.1, -0.05) is 30.3 Å². The third-order valence-electron chi connectivity index (χ3n) is 4.04. The van der Waals surface area contributed by atoms with Gasteiger partial charge in [-0.2, -0.15) is 0 Å². The Morgan fingerprint density at radius 1 is 1.08 bits per heavy atom. The Kier molecular flexibility index (Phi) is 6.60. The van der Waals surface area contributed by atoms with Gasteiger partial charge < -0.3 is 14.8 Å². The molecule has 0 spiro atoms. The average Bonchev–Trinajstić information content (AvgIpc) is 2.66. The van der Waals surface area contributed by atoms with Crippen molar-refractivity contribution in [1.29, 1.82) is 0 Å². The van der Waals surface area contributed by atoms with Gasteiger partial charge in [-0.25, -0.2) is 0 Å². The summed E-state index contributed by atoms with van der Waals surface area (Å²) in [6.45, 7) is 3.19. The maximum Gasteiger partial charge on any atom is 0.240 e. The van der Waals surface area contributed by atoms with E-state index in [4.69, 9.17) is 9.47 Å². The normalized spacial score (nSPS) is 11.4. The summed E-state index contributed by atoms with van der Waals surface area (Å²) in [4.78, 5) is 26.0. The molecule has 2 rings (SSSR count). The van der Waals surface area contributed by atoms with Gasteiger partial charge in [0.05, 0.1) is 25.9 Å². The van der Waals surface area contributed by atoms with Gasteiger partial charge in [0.1, 0.15) is 18.0 Å². The molecule has 26 heavy (non-hydrogen) atoms. The highest BCUT2D eigenvalue weighted by molar-refractivity contribution is 5.99. The van der Waals surface area contributed by atoms with E-state index in [0.29, 0.717) is 17.2 Å². The number of ether oxygens (including phenoxy) is 2. The first kappa shape index (κ1) is 19.3. The Hall–Kier alpha value is -3.02. The zero-order valence-corrected chi connectivity index (χ0v) is 15.5. The highest BCUT2D eigenvalue weighted by Crippen LogP contribution is 2.32. The van der Waals surface area contributed by atoms with Crippen LogP contribution in [0.3, 0.4) is 0 Å². The minimum atomic E-state index is -0.265. The van der Waals surface area contributed by atoms with E-state index >= 15 is 0 Å². The predicted molar refractivity (Wildman–Crippen MR) is 101 cm³/mol. The van der Waals surface area contributed by atoms with E-state index in [1.54, 1.807) is 18.2 Å². The molecule has 0 saturated heterocycles. The number of benzene rings is 2. The smallest absolute Gasteiger partial charge is 0.240 e. The second-order valence-electron chi connectivity index (χ2n) is 5.84. The van der Waals surface area contributed by atoms with Crippen molar-refractivity contribution in [3.63, 3.8) is 0 Å². The molecule has 0 heterocycles. The molecule has 0 radical (unpaired) electrons. The van der Waals surface area contributed by atoms with Crippen LogP contribution in [-0.4, -0.2) is 32.6 Å². The van der Waals surface area contributed by atoms with Crippen LogP contribution in [-0.2, 0) is 9.59 Å². The van der Waals surface area contributed by atoms with Crippen LogP contribution in [0.5, 0.6) is 11.5 Å². The van der Waals surface area contributed by atoms with E-state index in [0.717, 1.165) is 5.56 Å². The minimum absolute atomic E-state index is 0.115. The lowest BCUT2D eigenvalue weighted by molar-refractivity contribution is -0.123. The number of methoxy groups -OCH3 is 2.